The van der Waals surface area contributed by atoms with Crippen LogP contribution < -0.4 is 0 Å². The van der Waals surface area contributed by atoms with E-state index in [1.165, 1.54) is 29.2 Å². The number of aromatic hydroxyl groups is 1. The third-order valence-electron chi connectivity index (χ3n) is 1.73. The summed E-state index contributed by atoms with van der Waals surface area (Å²) in [6, 6.07) is 3.83. The molecule has 72 valence electrons. The molecule has 5 heteroatoms. The Morgan fingerprint density at radius 2 is 2.21 bits per heavy atom. The zero-order chi connectivity index (χ0) is 10.1. The van der Waals surface area contributed by atoms with E-state index in [0.29, 0.717) is 5.02 Å². The van der Waals surface area contributed by atoms with Gasteiger partial charge in [-0.3, -0.25) is 0 Å². The van der Waals surface area contributed by atoms with Crippen molar-refractivity contribution < 1.29 is 9.50 Å². The zero-order valence-corrected chi connectivity index (χ0v) is 7.74. The van der Waals surface area contributed by atoms with Crippen molar-refractivity contribution in [2.24, 2.45) is 0 Å². The Labute approximate surface area is 84.4 Å². The van der Waals surface area contributed by atoms with Gasteiger partial charge in [0, 0.05) is 12.3 Å². The highest BCUT2D eigenvalue weighted by molar-refractivity contribution is 6.30. The fraction of sp³-hybridized carbons (Fsp3) is 0. The van der Waals surface area contributed by atoms with Crippen LogP contribution in [-0.2, 0) is 0 Å². The molecule has 0 aliphatic heterocycles. The maximum atomic E-state index is 13.3. The number of aromatic nitrogens is 2. The smallest absolute Gasteiger partial charge is 0.152 e. The van der Waals surface area contributed by atoms with Crippen LogP contribution in [0.4, 0.5) is 4.39 Å². The first-order valence-corrected chi connectivity index (χ1v) is 4.23. The second-order valence-corrected chi connectivity index (χ2v) is 3.18. The number of nitrogens with zero attached hydrogens (tertiary/aromatic N) is 2. The number of phenols is 1. The second kappa shape index (κ2) is 3.31. The minimum Gasteiger partial charge on any atom is -0.508 e. The topological polar surface area (TPSA) is 38.0 Å². The van der Waals surface area contributed by atoms with Gasteiger partial charge in [0.05, 0.1) is 11.2 Å². The molecule has 1 aromatic carbocycles. The lowest BCUT2D eigenvalue weighted by Gasteiger charge is -2.02. The summed E-state index contributed by atoms with van der Waals surface area (Å²) in [5.41, 5.74) is 0.245. The molecule has 0 atom stereocenters. The van der Waals surface area contributed by atoms with Crippen LogP contribution in [0.3, 0.4) is 0 Å². The molecule has 2 aromatic rings. The summed E-state index contributed by atoms with van der Waals surface area (Å²) >= 11 is 5.64. The van der Waals surface area contributed by atoms with E-state index in [0.717, 1.165) is 6.07 Å². The predicted octanol–water partition coefficient (Wildman–Crippen LogP) is 2.37. The van der Waals surface area contributed by atoms with Gasteiger partial charge in [0.15, 0.2) is 5.82 Å². The molecule has 0 fully saturated rings. The average Bonchev–Trinajstić information content (AvgIpc) is 2.51. The predicted molar refractivity (Wildman–Crippen MR) is 50.2 cm³/mol. The van der Waals surface area contributed by atoms with Gasteiger partial charge >= 0.3 is 0 Å². The molecule has 0 aliphatic rings. The Morgan fingerprint density at radius 3 is 2.79 bits per heavy atom. The van der Waals surface area contributed by atoms with Gasteiger partial charge in [0.25, 0.3) is 0 Å². The van der Waals surface area contributed by atoms with Gasteiger partial charge in [-0.05, 0) is 12.1 Å². The first kappa shape index (κ1) is 9.02. The van der Waals surface area contributed by atoms with Crippen molar-refractivity contribution in [1.82, 2.24) is 9.78 Å². The molecule has 0 unspecified atom stereocenters. The van der Waals surface area contributed by atoms with Crippen molar-refractivity contribution >= 4 is 11.6 Å². The lowest BCUT2D eigenvalue weighted by Crippen LogP contribution is -1.97. The molecule has 2 rings (SSSR count). The highest BCUT2D eigenvalue weighted by Crippen LogP contribution is 2.19. The van der Waals surface area contributed by atoms with Crippen LogP contribution >= 0.6 is 11.6 Å². The minimum atomic E-state index is -0.551. The van der Waals surface area contributed by atoms with Crippen LogP contribution in [0.2, 0.25) is 5.02 Å². The highest BCUT2D eigenvalue weighted by atomic mass is 35.5. The molecule has 0 saturated heterocycles. The third kappa shape index (κ3) is 1.56. The molecule has 1 N–H and O–H groups in total. The number of rotatable bonds is 1. The van der Waals surface area contributed by atoms with Gasteiger partial charge in [-0.25, -0.2) is 9.07 Å². The van der Waals surface area contributed by atoms with Crippen LogP contribution in [-0.4, -0.2) is 14.9 Å². The number of hydrogen-bond donors (Lipinski definition) is 1. The van der Waals surface area contributed by atoms with Crippen molar-refractivity contribution in [3.63, 3.8) is 0 Å². The van der Waals surface area contributed by atoms with Gasteiger partial charge in [0.2, 0.25) is 0 Å². The van der Waals surface area contributed by atoms with Crippen LogP contribution in [0, 0.1) is 5.82 Å². The lowest BCUT2D eigenvalue weighted by molar-refractivity contribution is 0.468. The van der Waals surface area contributed by atoms with E-state index in [1.807, 2.05) is 0 Å². The fourth-order valence-electron chi connectivity index (χ4n) is 1.11. The largest absolute Gasteiger partial charge is 0.508 e. The first-order chi connectivity index (χ1) is 6.66. The molecule has 1 heterocycles. The molecule has 0 aliphatic carbocycles. The van der Waals surface area contributed by atoms with E-state index in [2.05, 4.69) is 5.10 Å². The third-order valence-corrected chi connectivity index (χ3v) is 1.92. The highest BCUT2D eigenvalue weighted by Gasteiger charge is 2.06. The molecular formula is C9H6ClFN2O. The first-order valence-electron chi connectivity index (χ1n) is 3.86. The quantitative estimate of drug-likeness (QED) is 0.788. The average molecular weight is 213 g/mol. The zero-order valence-electron chi connectivity index (χ0n) is 6.98. The maximum Gasteiger partial charge on any atom is 0.152 e. The minimum absolute atomic E-state index is 0.121. The fourth-order valence-corrected chi connectivity index (χ4v) is 1.25. The summed E-state index contributed by atoms with van der Waals surface area (Å²) in [5, 5.41) is 13.3. The molecule has 14 heavy (non-hydrogen) atoms. The van der Waals surface area contributed by atoms with E-state index in [9.17, 15) is 4.39 Å². The van der Waals surface area contributed by atoms with Crippen LogP contribution in [0.1, 0.15) is 0 Å². The van der Waals surface area contributed by atoms with Crippen molar-refractivity contribution in [3.05, 3.63) is 41.4 Å². The standard InChI is InChI=1S/C9H6ClFN2O/c10-6-4-12-13(5-6)9-2-1-7(14)3-8(9)11/h1-5,14H. The summed E-state index contributed by atoms with van der Waals surface area (Å²) in [4.78, 5) is 0. The van der Waals surface area contributed by atoms with Crippen LogP contribution in [0.15, 0.2) is 30.6 Å². The van der Waals surface area contributed by atoms with Crippen LogP contribution in [0.5, 0.6) is 5.75 Å². The molecule has 0 radical (unpaired) electrons. The van der Waals surface area contributed by atoms with E-state index in [-0.39, 0.29) is 11.4 Å². The Morgan fingerprint density at radius 1 is 1.43 bits per heavy atom. The molecule has 3 nitrogen and oxygen atoms in total. The maximum absolute atomic E-state index is 13.3. The summed E-state index contributed by atoms with van der Waals surface area (Å²) < 4.78 is 14.6. The van der Waals surface area contributed by atoms with Gasteiger partial charge in [-0.15, -0.1) is 0 Å². The summed E-state index contributed by atoms with van der Waals surface area (Å²) in [6.07, 6.45) is 2.89. The van der Waals surface area contributed by atoms with E-state index >= 15 is 0 Å². The van der Waals surface area contributed by atoms with Crippen molar-refractivity contribution in [1.29, 1.82) is 0 Å². The van der Waals surface area contributed by atoms with Crippen molar-refractivity contribution in [2.75, 3.05) is 0 Å². The Kier molecular flexibility index (Phi) is 2.13. The van der Waals surface area contributed by atoms with Gasteiger partial charge in [0.1, 0.15) is 11.4 Å². The molecule has 0 saturated carbocycles. The normalized spacial score (nSPS) is 10.4. The number of benzene rings is 1. The Balaban J connectivity index is 2.52. The van der Waals surface area contributed by atoms with E-state index in [4.69, 9.17) is 16.7 Å². The second-order valence-electron chi connectivity index (χ2n) is 2.74. The Hall–Kier alpha value is -1.55. The SMILES string of the molecule is Oc1ccc(-n2cc(Cl)cn2)c(F)c1. The number of phenolic OH excluding ortho intramolecular Hbond substituents is 1. The number of halogens is 2. The molecule has 0 amide bonds. The molecular weight excluding hydrogens is 207 g/mol. The van der Waals surface area contributed by atoms with Crippen molar-refractivity contribution in [3.8, 4) is 11.4 Å². The van der Waals surface area contributed by atoms with E-state index < -0.39 is 5.82 Å². The molecule has 1 aromatic heterocycles. The summed E-state index contributed by atoms with van der Waals surface area (Å²) in [6.45, 7) is 0. The van der Waals surface area contributed by atoms with Gasteiger partial charge in [-0.2, -0.15) is 5.10 Å². The Bertz CT molecular complexity index is 470. The summed E-state index contributed by atoms with van der Waals surface area (Å²) in [7, 11) is 0. The monoisotopic (exact) mass is 212 g/mol. The van der Waals surface area contributed by atoms with Gasteiger partial charge < -0.3 is 5.11 Å². The summed E-state index contributed by atoms with van der Waals surface area (Å²) in [5.74, 6) is -0.672. The van der Waals surface area contributed by atoms with Gasteiger partial charge in [-0.1, -0.05) is 11.6 Å². The molecule has 0 bridgehead atoms. The van der Waals surface area contributed by atoms with Crippen molar-refractivity contribution in [2.45, 2.75) is 0 Å². The molecule has 0 spiro atoms. The lowest BCUT2D eigenvalue weighted by atomic mass is 10.3. The van der Waals surface area contributed by atoms with Crippen LogP contribution in [0.25, 0.3) is 5.69 Å². The van der Waals surface area contributed by atoms with E-state index in [1.54, 1.807) is 0 Å². The number of hydrogen-bond acceptors (Lipinski definition) is 2.